The molecule has 0 bridgehead atoms. The highest BCUT2D eigenvalue weighted by molar-refractivity contribution is 5.93. The molecule has 2 atom stereocenters. The van der Waals surface area contributed by atoms with E-state index in [0.717, 1.165) is 51.3 Å². The van der Waals surface area contributed by atoms with Gasteiger partial charge >= 0.3 is 0 Å². The van der Waals surface area contributed by atoms with Gasteiger partial charge in [-0.1, -0.05) is 13.0 Å². The molecule has 3 heterocycles. The molecule has 5 heteroatoms. The standard InChI is InChI=1S/C23H31N3O2/c1-17-12-19(13-20(27)16-25-8-10-28-11-9-25)15-26(14-17)22-6-5-18(2)23-21(22)4-3-7-24-23/h3-7,17,19H,8-16H2,1-2H3/t17-,19-/m0/s1. The lowest BCUT2D eigenvalue weighted by molar-refractivity contribution is -0.122. The Balaban J connectivity index is 1.46. The number of ether oxygens (including phenoxy) is 1. The summed E-state index contributed by atoms with van der Waals surface area (Å²) in [5, 5.41) is 1.22. The Labute approximate surface area is 167 Å². The molecular formula is C23H31N3O2. The van der Waals surface area contributed by atoms with Crippen molar-refractivity contribution in [3.05, 3.63) is 36.0 Å². The van der Waals surface area contributed by atoms with E-state index in [1.165, 1.54) is 16.6 Å². The van der Waals surface area contributed by atoms with Crippen molar-refractivity contribution < 1.29 is 9.53 Å². The Kier molecular flexibility index (Phi) is 5.93. The molecule has 2 aliphatic heterocycles. The maximum atomic E-state index is 12.7. The number of benzene rings is 1. The monoisotopic (exact) mass is 381 g/mol. The molecule has 2 aliphatic rings. The first-order valence-corrected chi connectivity index (χ1v) is 10.5. The van der Waals surface area contributed by atoms with Crippen LogP contribution in [0.1, 0.15) is 25.3 Å². The van der Waals surface area contributed by atoms with Gasteiger partial charge in [-0.05, 0) is 48.9 Å². The Morgan fingerprint density at radius 3 is 2.86 bits per heavy atom. The van der Waals surface area contributed by atoms with Crippen molar-refractivity contribution in [2.75, 3.05) is 50.8 Å². The first-order valence-electron chi connectivity index (χ1n) is 10.5. The van der Waals surface area contributed by atoms with Crippen LogP contribution in [0.2, 0.25) is 0 Å². The lowest BCUT2D eigenvalue weighted by atomic mass is 9.86. The van der Waals surface area contributed by atoms with Crippen molar-refractivity contribution in [1.29, 1.82) is 0 Å². The second-order valence-corrected chi connectivity index (χ2v) is 8.54. The quantitative estimate of drug-likeness (QED) is 0.795. The van der Waals surface area contributed by atoms with Crippen molar-refractivity contribution in [1.82, 2.24) is 9.88 Å². The van der Waals surface area contributed by atoms with E-state index in [4.69, 9.17) is 4.74 Å². The second-order valence-electron chi connectivity index (χ2n) is 8.54. The number of aryl methyl sites for hydroxylation is 1. The number of rotatable bonds is 5. The molecular weight excluding hydrogens is 350 g/mol. The van der Waals surface area contributed by atoms with Crippen LogP contribution in [0.25, 0.3) is 10.9 Å². The zero-order valence-corrected chi connectivity index (χ0v) is 17.1. The van der Waals surface area contributed by atoms with E-state index in [9.17, 15) is 4.79 Å². The van der Waals surface area contributed by atoms with Crippen LogP contribution in [0, 0.1) is 18.8 Å². The lowest BCUT2D eigenvalue weighted by Crippen LogP contribution is -2.43. The van der Waals surface area contributed by atoms with Gasteiger partial charge in [0.1, 0.15) is 5.78 Å². The van der Waals surface area contributed by atoms with Crippen molar-refractivity contribution in [3.8, 4) is 0 Å². The van der Waals surface area contributed by atoms with Crippen molar-refractivity contribution in [2.24, 2.45) is 11.8 Å². The summed E-state index contributed by atoms with van der Waals surface area (Å²) in [7, 11) is 0. The molecule has 0 aliphatic carbocycles. The predicted molar refractivity (Wildman–Crippen MR) is 113 cm³/mol. The molecule has 28 heavy (non-hydrogen) atoms. The third-order valence-electron chi connectivity index (χ3n) is 6.06. The van der Waals surface area contributed by atoms with Gasteiger partial charge in [-0.2, -0.15) is 0 Å². The molecule has 0 saturated carbocycles. The second kappa shape index (κ2) is 8.58. The average molecular weight is 382 g/mol. The fourth-order valence-corrected chi connectivity index (χ4v) is 4.79. The fourth-order valence-electron chi connectivity index (χ4n) is 4.79. The van der Waals surface area contributed by atoms with Crippen LogP contribution in [-0.4, -0.2) is 61.6 Å². The topological polar surface area (TPSA) is 45.7 Å². The molecule has 0 amide bonds. The zero-order valence-electron chi connectivity index (χ0n) is 17.1. The predicted octanol–water partition coefficient (Wildman–Crippen LogP) is 3.30. The summed E-state index contributed by atoms with van der Waals surface area (Å²) in [5.41, 5.74) is 3.55. The highest BCUT2D eigenvalue weighted by atomic mass is 16.5. The minimum atomic E-state index is 0.372. The van der Waals surface area contributed by atoms with E-state index in [0.29, 0.717) is 30.6 Å². The number of carbonyl (C=O) groups is 1. The normalized spacial score (nSPS) is 23.9. The first-order chi connectivity index (χ1) is 13.6. The van der Waals surface area contributed by atoms with Crippen LogP contribution >= 0.6 is 0 Å². The number of piperidine rings is 1. The molecule has 2 fully saturated rings. The number of Topliss-reactive ketones (excluding diaryl/α,β-unsaturated/α-hetero) is 1. The number of ketones is 1. The minimum absolute atomic E-state index is 0.372. The summed E-state index contributed by atoms with van der Waals surface area (Å²) < 4.78 is 5.39. The summed E-state index contributed by atoms with van der Waals surface area (Å²) in [6.45, 7) is 10.2. The third kappa shape index (κ3) is 4.36. The summed E-state index contributed by atoms with van der Waals surface area (Å²) >= 11 is 0. The van der Waals surface area contributed by atoms with Gasteiger partial charge in [0.25, 0.3) is 0 Å². The Morgan fingerprint density at radius 1 is 1.21 bits per heavy atom. The number of nitrogens with zero attached hydrogens (tertiary/aromatic N) is 3. The van der Waals surface area contributed by atoms with Crippen LogP contribution in [0.4, 0.5) is 5.69 Å². The van der Waals surface area contributed by atoms with Crippen LogP contribution in [-0.2, 0) is 9.53 Å². The van der Waals surface area contributed by atoms with E-state index in [1.807, 2.05) is 12.3 Å². The number of fused-ring (bicyclic) bond motifs is 1. The molecule has 2 saturated heterocycles. The van der Waals surface area contributed by atoms with Gasteiger partial charge in [0, 0.05) is 49.9 Å². The number of carbonyl (C=O) groups excluding carboxylic acids is 1. The number of pyridine rings is 1. The van der Waals surface area contributed by atoms with Crippen molar-refractivity contribution in [2.45, 2.75) is 26.7 Å². The Bertz CT molecular complexity index is 832. The minimum Gasteiger partial charge on any atom is -0.379 e. The van der Waals surface area contributed by atoms with Crippen LogP contribution in [0.15, 0.2) is 30.5 Å². The fraction of sp³-hybridized carbons (Fsp3) is 0.565. The lowest BCUT2D eigenvalue weighted by Gasteiger charge is -2.38. The smallest absolute Gasteiger partial charge is 0.147 e. The van der Waals surface area contributed by atoms with Crippen molar-refractivity contribution in [3.63, 3.8) is 0 Å². The van der Waals surface area contributed by atoms with Gasteiger partial charge in [-0.3, -0.25) is 14.7 Å². The largest absolute Gasteiger partial charge is 0.379 e. The van der Waals surface area contributed by atoms with E-state index in [2.05, 4.69) is 46.8 Å². The third-order valence-corrected chi connectivity index (χ3v) is 6.06. The molecule has 1 aromatic heterocycles. The van der Waals surface area contributed by atoms with Crippen LogP contribution in [0.5, 0.6) is 0 Å². The Hall–Kier alpha value is -1.98. The van der Waals surface area contributed by atoms with Crippen molar-refractivity contribution >= 4 is 22.4 Å². The van der Waals surface area contributed by atoms with Crippen LogP contribution < -0.4 is 4.90 Å². The number of morpholine rings is 1. The van der Waals surface area contributed by atoms with Gasteiger partial charge in [-0.15, -0.1) is 0 Å². The van der Waals surface area contributed by atoms with Gasteiger partial charge in [-0.25, -0.2) is 0 Å². The molecule has 4 rings (SSSR count). The molecule has 150 valence electrons. The maximum Gasteiger partial charge on any atom is 0.147 e. The molecule has 0 radical (unpaired) electrons. The number of aromatic nitrogens is 1. The molecule has 1 aromatic carbocycles. The molecule has 0 spiro atoms. The van der Waals surface area contributed by atoms with E-state index >= 15 is 0 Å². The highest BCUT2D eigenvalue weighted by Gasteiger charge is 2.28. The first kappa shape index (κ1) is 19.3. The summed E-state index contributed by atoms with van der Waals surface area (Å²) in [6.07, 6.45) is 3.68. The number of hydrogen-bond donors (Lipinski definition) is 0. The van der Waals surface area contributed by atoms with E-state index in [1.54, 1.807) is 0 Å². The maximum absolute atomic E-state index is 12.7. The molecule has 0 N–H and O–H groups in total. The van der Waals surface area contributed by atoms with Crippen LogP contribution in [0.3, 0.4) is 0 Å². The van der Waals surface area contributed by atoms with E-state index in [-0.39, 0.29) is 0 Å². The number of hydrogen-bond acceptors (Lipinski definition) is 5. The molecule has 0 unspecified atom stereocenters. The SMILES string of the molecule is Cc1ccc(N2C[C@@H](C)C[C@@H](CC(=O)CN3CCOCC3)C2)c2cccnc12. The van der Waals surface area contributed by atoms with E-state index < -0.39 is 0 Å². The Morgan fingerprint density at radius 2 is 2.04 bits per heavy atom. The average Bonchev–Trinajstić information content (AvgIpc) is 2.68. The van der Waals surface area contributed by atoms with Gasteiger partial charge in [0.05, 0.1) is 25.3 Å². The van der Waals surface area contributed by atoms with Gasteiger partial charge in [0.2, 0.25) is 0 Å². The summed E-state index contributed by atoms with van der Waals surface area (Å²) in [6, 6.07) is 8.58. The molecule has 2 aromatic rings. The highest BCUT2D eigenvalue weighted by Crippen LogP contribution is 2.33. The summed E-state index contributed by atoms with van der Waals surface area (Å²) in [5.74, 6) is 1.38. The van der Waals surface area contributed by atoms with Gasteiger partial charge < -0.3 is 9.64 Å². The summed E-state index contributed by atoms with van der Waals surface area (Å²) in [4.78, 5) is 22.0. The molecule has 5 nitrogen and oxygen atoms in total. The van der Waals surface area contributed by atoms with Gasteiger partial charge in [0.15, 0.2) is 0 Å². The zero-order chi connectivity index (χ0) is 19.5. The number of anilines is 1.